The molecule has 0 fully saturated rings. The normalized spacial score (nSPS) is 19.1. The van der Waals surface area contributed by atoms with E-state index in [2.05, 4.69) is 22.2 Å². The molecule has 4 rings (SSSR count). The summed E-state index contributed by atoms with van der Waals surface area (Å²) in [6.07, 6.45) is 1.92. The van der Waals surface area contributed by atoms with Gasteiger partial charge in [0.1, 0.15) is 11.5 Å². The van der Waals surface area contributed by atoms with Gasteiger partial charge in [0.15, 0.2) is 0 Å². The zero-order valence-electron chi connectivity index (χ0n) is 16.6. The van der Waals surface area contributed by atoms with E-state index in [1.54, 1.807) is 18.1 Å². The number of fused-ring (bicyclic) bond motifs is 1. The summed E-state index contributed by atoms with van der Waals surface area (Å²) in [6, 6.07) is 3.97. The standard InChI is InChI=1S/C22H23F3N2O3/c1-29-19-11-16(15-6-8-26-9-7-15)10-17-13-27(21(28)20(17)19)12-14-2-4-18(5-3-14)30-22(23,24)25/h2,4,6,10-11,26H,3,5,7-9,12-13H2,1H3. The molecule has 30 heavy (non-hydrogen) atoms. The number of rotatable bonds is 5. The molecule has 1 aliphatic carbocycles. The van der Waals surface area contributed by atoms with Crippen molar-refractivity contribution in [3.8, 4) is 5.75 Å². The second kappa shape index (κ2) is 8.18. The summed E-state index contributed by atoms with van der Waals surface area (Å²) in [6.45, 7) is 2.56. The largest absolute Gasteiger partial charge is 0.572 e. The van der Waals surface area contributed by atoms with E-state index < -0.39 is 6.36 Å². The van der Waals surface area contributed by atoms with Crippen LogP contribution in [0.4, 0.5) is 13.2 Å². The minimum atomic E-state index is -4.68. The van der Waals surface area contributed by atoms with Gasteiger partial charge in [-0.2, -0.15) is 0 Å². The van der Waals surface area contributed by atoms with Crippen LogP contribution in [0.1, 0.15) is 40.7 Å². The summed E-state index contributed by atoms with van der Waals surface area (Å²) in [5.41, 5.74) is 4.69. The van der Waals surface area contributed by atoms with Crippen LogP contribution in [0.5, 0.6) is 5.75 Å². The molecule has 0 atom stereocenters. The van der Waals surface area contributed by atoms with Crippen LogP contribution < -0.4 is 10.1 Å². The number of nitrogens with one attached hydrogen (secondary N) is 1. The zero-order valence-corrected chi connectivity index (χ0v) is 16.6. The minimum absolute atomic E-state index is 0.108. The Labute approximate surface area is 172 Å². The fourth-order valence-electron chi connectivity index (χ4n) is 4.11. The Morgan fingerprint density at radius 1 is 1.17 bits per heavy atom. The molecule has 1 amide bonds. The summed E-state index contributed by atoms with van der Waals surface area (Å²) < 4.78 is 46.6. The van der Waals surface area contributed by atoms with Crippen LogP contribution in [-0.2, 0) is 11.3 Å². The van der Waals surface area contributed by atoms with Gasteiger partial charge in [-0.05, 0) is 54.3 Å². The van der Waals surface area contributed by atoms with Gasteiger partial charge in [-0.1, -0.05) is 17.7 Å². The quantitative estimate of drug-likeness (QED) is 0.777. The first kappa shape index (κ1) is 20.5. The van der Waals surface area contributed by atoms with Crippen molar-refractivity contribution < 1.29 is 27.4 Å². The van der Waals surface area contributed by atoms with Crippen molar-refractivity contribution in [3.63, 3.8) is 0 Å². The average molecular weight is 420 g/mol. The van der Waals surface area contributed by atoms with Crippen LogP contribution in [0, 0.1) is 0 Å². The van der Waals surface area contributed by atoms with Gasteiger partial charge in [-0.3, -0.25) is 4.79 Å². The molecule has 2 heterocycles. The van der Waals surface area contributed by atoms with Crippen LogP contribution in [0.15, 0.2) is 41.7 Å². The maximum atomic E-state index is 13.0. The van der Waals surface area contributed by atoms with Gasteiger partial charge >= 0.3 is 6.36 Å². The van der Waals surface area contributed by atoms with Crippen LogP contribution in [0.2, 0.25) is 0 Å². The number of nitrogens with zero attached hydrogens (tertiary/aromatic N) is 1. The maximum absolute atomic E-state index is 13.0. The molecule has 1 aromatic carbocycles. The third-order valence-corrected chi connectivity index (χ3v) is 5.54. The molecule has 8 heteroatoms. The molecule has 2 aliphatic heterocycles. The number of hydrogen-bond acceptors (Lipinski definition) is 4. The summed E-state index contributed by atoms with van der Waals surface area (Å²) in [5.74, 6) is 0.339. The first-order chi connectivity index (χ1) is 14.3. The van der Waals surface area contributed by atoms with E-state index in [1.165, 1.54) is 11.6 Å². The summed E-state index contributed by atoms with van der Waals surface area (Å²) in [4.78, 5) is 14.7. The van der Waals surface area contributed by atoms with Gasteiger partial charge < -0.3 is 19.7 Å². The lowest BCUT2D eigenvalue weighted by Gasteiger charge is -2.21. The zero-order chi connectivity index (χ0) is 21.3. The van der Waals surface area contributed by atoms with Crippen molar-refractivity contribution in [1.82, 2.24) is 10.2 Å². The van der Waals surface area contributed by atoms with E-state index in [4.69, 9.17) is 4.74 Å². The van der Waals surface area contributed by atoms with Crippen molar-refractivity contribution in [2.45, 2.75) is 32.2 Å². The second-order valence-electron chi connectivity index (χ2n) is 7.56. The Hall–Kier alpha value is -2.74. The molecule has 0 saturated carbocycles. The smallest absolute Gasteiger partial charge is 0.496 e. The lowest BCUT2D eigenvalue weighted by molar-refractivity contribution is -0.306. The molecule has 0 spiro atoms. The predicted octanol–water partition coefficient (Wildman–Crippen LogP) is 4.17. The van der Waals surface area contributed by atoms with Crippen LogP contribution in [0.3, 0.4) is 0 Å². The highest BCUT2D eigenvalue weighted by Gasteiger charge is 2.34. The number of halogens is 3. The molecular weight excluding hydrogens is 397 g/mol. The van der Waals surface area contributed by atoms with Crippen molar-refractivity contribution in [3.05, 3.63) is 58.4 Å². The molecule has 3 aliphatic rings. The Bertz CT molecular complexity index is 948. The van der Waals surface area contributed by atoms with Gasteiger partial charge in [0.25, 0.3) is 5.91 Å². The Kier molecular flexibility index (Phi) is 5.60. The molecule has 0 radical (unpaired) electrons. The van der Waals surface area contributed by atoms with Gasteiger partial charge in [0.05, 0.1) is 12.7 Å². The number of hydrogen-bond donors (Lipinski definition) is 1. The molecule has 0 aromatic heterocycles. The fraction of sp³-hybridized carbons (Fsp3) is 0.409. The highest BCUT2D eigenvalue weighted by molar-refractivity contribution is 6.01. The number of carbonyl (C=O) groups excluding carboxylic acids is 1. The number of allylic oxidation sites excluding steroid dienone is 3. The third kappa shape index (κ3) is 4.38. The Morgan fingerprint density at radius 2 is 2.00 bits per heavy atom. The van der Waals surface area contributed by atoms with E-state index in [9.17, 15) is 18.0 Å². The molecular formula is C22H23F3N2O3. The van der Waals surface area contributed by atoms with E-state index in [0.29, 0.717) is 30.8 Å². The minimum Gasteiger partial charge on any atom is -0.496 e. The van der Waals surface area contributed by atoms with Gasteiger partial charge in [0, 0.05) is 26.1 Å². The van der Waals surface area contributed by atoms with Gasteiger partial charge in [-0.25, -0.2) is 0 Å². The first-order valence-corrected chi connectivity index (χ1v) is 9.88. The molecule has 0 bridgehead atoms. The number of alkyl halides is 3. The summed E-state index contributed by atoms with van der Waals surface area (Å²) in [5, 5.41) is 3.29. The highest BCUT2D eigenvalue weighted by Crippen LogP contribution is 2.36. The van der Waals surface area contributed by atoms with E-state index in [1.807, 2.05) is 6.07 Å². The number of amides is 1. The van der Waals surface area contributed by atoms with Crippen molar-refractivity contribution >= 4 is 11.5 Å². The Balaban J connectivity index is 1.52. The average Bonchev–Trinajstić information content (AvgIpc) is 3.04. The lowest BCUT2D eigenvalue weighted by Crippen LogP contribution is -2.27. The Morgan fingerprint density at radius 3 is 2.63 bits per heavy atom. The van der Waals surface area contributed by atoms with Gasteiger partial charge in [0.2, 0.25) is 0 Å². The molecule has 5 nitrogen and oxygen atoms in total. The van der Waals surface area contributed by atoms with Crippen LogP contribution >= 0.6 is 0 Å². The molecule has 1 aromatic rings. The van der Waals surface area contributed by atoms with Crippen molar-refractivity contribution in [1.29, 1.82) is 0 Å². The number of carbonyl (C=O) groups is 1. The number of methoxy groups -OCH3 is 1. The van der Waals surface area contributed by atoms with Crippen molar-refractivity contribution in [2.75, 3.05) is 26.7 Å². The summed E-state index contributed by atoms with van der Waals surface area (Å²) >= 11 is 0. The van der Waals surface area contributed by atoms with Gasteiger partial charge in [-0.15, -0.1) is 13.2 Å². The topological polar surface area (TPSA) is 50.8 Å². The second-order valence-corrected chi connectivity index (χ2v) is 7.56. The SMILES string of the molecule is COc1cc(C2=CCNCC2)cc2c1C(=O)N(CC1=CC=C(OC(F)(F)F)CC1)C2. The number of ether oxygens (including phenoxy) is 2. The monoisotopic (exact) mass is 420 g/mol. The van der Waals surface area contributed by atoms with E-state index in [-0.39, 0.29) is 18.1 Å². The third-order valence-electron chi connectivity index (χ3n) is 5.54. The predicted molar refractivity (Wildman–Crippen MR) is 106 cm³/mol. The summed E-state index contributed by atoms with van der Waals surface area (Å²) in [7, 11) is 1.56. The maximum Gasteiger partial charge on any atom is 0.572 e. The lowest BCUT2D eigenvalue weighted by atomic mass is 9.96. The fourth-order valence-corrected chi connectivity index (χ4v) is 4.11. The van der Waals surface area contributed by atoms with E-state index >= 15 is 0 Å². The van der Waals surface area contributed by atoms with Crippen molar-refractivity contribution in [2.24, 2.45) is 0 Å². The van der Waals surface area contributed by atoms with Crippen LogP contribution in [-0.4, -0.2) is 43.9 Å². The first-order valence-electron chi connectivity index (χ1n) is 9.88. The molecule has 1 N–H and O–H groups in total. The molecule has 0 saturated heterocycles. The molecule has 0 unspecified atom stereocenters. The van der Waals surface area contributed by atoms with E-state index in [0.717, 1.165) is 36.2 Å². The molecule has 160 valence electrons. The van der Waals surface area contributed by atoms with Crippen LogP contribution in [0.25, 0.3) is 5.57 Å². The highest BCUT2D eigenvalue weighted by atomic mass is 19.4. The number of benzene rings is 1.